The summed E-state index contributed by atoms with van der Waals surface area (Å²) in [4.78, 5) is 32.7. The van der Waals surface area contributed by atoms with E-state index >= 15 is 0 Å². The molecule has 0 spiro atoms. The maximum atomic E-state index is 13.3. The van der Waals surface area contributed by atoms with E-state index in [1.807, 2.05) is 42.6 Å². The number of piperidine rings is 1. The van der Waals surface area contributed by atoms with Crippen molar-refractivity contribution in [2.75, 3.05) is 62.7 Å². The molecule has 270 valence electrons. The SMILES string of the molecule is Cc1ccnc(-c2cc(N3CCCCC3)ccc2NC(=O)c2cccc([N-]CCN3CCOCC3)c2)c1.O=CNCc1cccc(C(F)(F)F)c1.[K+]. The number of nitrogens with zero attached hydrogens (tertiary/aromatic N) is 4. The maximum Gasteiger partial charge on any atom is 1.00 e. The number of anilines is 2. The van der Waals surface area contributed by atoms with Crippen LogP contribution in [0.4, 0.5) is 30.2 Å². The summed E-state index contributed by atoms with van der Waals surface area (Å²) in [5.41, 5.74) is 6.01. The summed E-state index contributed by atoms with van der Waals surface area (Å²) in [6.07, 6.45) is 1.65. The predicted molar refractivity (Wildman–Crippen MR) is 194 cm³/mol. The summed E-state index contributed by atoms with van der Waals surface area (Å²) < 4.78 is 42.0. The fraction of sp³-hybridized carbons (Fsp3) is 0.359. The largest absolute Gasteiger partial charge is 1.00 e. The number of hydrogen-bond acceptors (Lipinski definition) is 6. The molecular weight excluding hydrogens is 697 g/mol. The van der Waals surface area contributed by atoms with E-state index in [0.717, 1.165) is 86.3 Å². The van der Waals surface area contributed by atoms with Crippen molar-refractivity contribution in [1.29, 1.82) is 0 Å². The number of carbonyl (C=O) groups is 2. The molecule has 0 saturated carbocycles. The first-order valence-electron chi connectivity index (χ1n) is 17.2. The number of hydrogen-bond donors (Lipinski definition) is 2. The van der Waals surface area contributed by atoms with Crippen LogP contribution in [-0.2, 0) is 22.3 Å². The van der Waals surface area contributed by atoms with Crippen molar-refractivity contribution in [1.82, 2.24) is 15.2 Å². The minimum atomic E-state index is -4.34. The number of pyridine rings is 1. The van der Waals surface area contributed by atoms with Crippen molar-refractivity contribution in [3.05, 3.63) is 113 Å². The summed E-state index contributed by atoms with van der Waals surface area (Å²) in [5, 5.41) is 10.2. The number of nitrogens with one attached hydrogen (secondary N) is 2. The number of rotatable bonds is 11. The van der Waals surface area contributed by atoms with Gasteiger partial charge in [0.15, 0.2) is 0 Å². The second-order valence-electron chi connectivity index (χ2n) is 12.5. The zero-order valence-electron chi connectivity index (χ0n) is 29.8. The first-order chi connectivity index (χ1) is 24.7. The van der Waals surface area contributed by atoms with Crippen molar-refractivity contribution in [2.24, 2.45) is 0 Å². The van der Waals surface area contributed by atoms with E-state index in [1.54, 1.807) is 0 Å². The van der Waals surface area contributed by atoms with Gasteiger partial charge in [-0.05, 0) is 92.4 Å². The standard InChI is InChI=1S/C30H36N5O2.C9H8F3NO.K/c1-23-10-11-32-29(20-23)27-22-26(35-13-3-2-4-14-35)8-9-28(27)33-30(36)24-6-5-7-25(21-24)31-12-15-34-16-18-37-19-17-34;10-9(11,12)8-3-1-2-7(4-8)5-13-6-14;/h5-11,20-22H,2-4,12-19H2,1H3,(H,32,33,36);1-4,6H,5H2,(H,13,14);/q-1;;+1. The molecule has 2 aliphatic heterocycles. The van der Waals surface area contributed by atoms with E-state index in [2.05, 4.69) is 50.5 Å². The summed E-state index contributed by atoms with van der Waals surface area (Å²) in [6, 6.07) is 22.7. The van der Waals surface area contributed by atoms with E-state index in [0.29, 0.717) is 24.1 Å². The Morgan fingerprint density at radius 1 is 0.942 bits per heavy atom. The Hall–Kier alpha value is -3.30. The number of aromatic nitrogens is 1. The van der Waals surface area contributed by atoms with Crippen LogP contribution in [0.25, 0.3) is 16.6 Å². The molecule has 0 radical (unpaired) electrons. The topological polar surface area (TPSA) is 101 Å². The van der Waals surface area contributed by atoms with Crippen molar-refractivity contribution in [3.63, 3.8) is 0 Å². The van der Waals surface area contributed by atoms with Crippen molar-refractivity contribution < 1.29 is 78.9 Å². The maximum absolute atomic E-state index is 13.3. The Labute approximate surface area is 346 Å². The van der Waals surface area contributed by atoms with E-state index < -0.39 is 11.7 Å². The molecule has 52 heavy (non-hydrogen) atoms. The second-order valence-corrected chi connectivity index (χ2v) is 12.5. The van der Waals surface area contributed by atoms with Crippen molar-refractivity contribution >= 4 is 29.4 Å². The number of carbonyl (C=O) groups excluding carboxylic acids is 2. The fourth-order valence-corrected chi connectivity index (χ4v) is 5.99. The molecule has 2 N–H and O–H groups in total. The number of alkyl halides is 3. The Morgan fingerprint density at radius 2 is 1.71 bits per heavy atom. The van der Waals surface area contributed by atoms with Gasteiger partial charge in [0.05, 0.1) is 30.2 Å². The molecule has 2 amide bonds. The number of halogens is 3. The summed E-state index contributed by atoms with van der Waals surface area (Å²) >= 11 is 0. The molecule has 13 heteroatoms. The Kier molecular flexibility index (Phi) is 16.6. The van der Waals surface area contributed by atoms with E-state index in [-0.39, 0.29) is 63.8 Å². The van der Waals surface area contributed by atoms with E-state index in [4.69, 9.17) is 10.1 Å². The van der Waals surface area contributed by atoms with Crippen LogP contribution < -0.4 is 66.9 Å². The minimum absolute atomic E-state index is 0. The number of benzene rings is 3. The molecule has 1 aromatic heterocycles. The predicted octanol–water partition coefficient (Wildman–Crippen LogP) is 4.59. The Morgan fingerprint density at radius 3 is 2.44 bits per heavy atom. The third kappa shape index (κ3) is 12.7. The summed E-state index contributed by atoms with van der Waals surface area (Å²) in [7, 11) is 0. The first-order valence-corrected chi connectivity index (χ1v) is 17.2. The normalized spacial score (nSPS) is 14.7. The molecule has 2 fully saturated rings. The van der Waals surface area contributed by atoms with Gasteiger partial charge >= 0.3 is 57.6 Å². The van der Waals surface area contributed by atoms with Crippen LogP contribution in [-0.4, -0.2) is 74.7 Å². The second kappa shape index (κ2) is 20.8. The monoisotopic (exact) mass is 740 g/mol. The van der Waals surface area contributed by atoms with Crippen LogP contribution in [0.2, 0.25) is 0 Å². The van der Waals surface area contributed by atoms with Gasteiger partial charge in [-0.15, -0.1) is 12.2 Å². The average Bonchev–Trinajstić information content (AvgIpc) is 3.15. The molecule has 2 saturated heterocycles. The first kappa shape index (κ1) is 41.5. The van der Waals surface area contributed by atoms with E-state index in [9.17, 15) is 22.8 Å². The van der Waals surface area contributed by atoms with Gasteiger partial charge in [-0.25, -0.2) is 0 Å². The van der Waals surface area contributed by atoms with Crippen LogP contribution in [0.5, 0.6) is 0 Å². The molecule has 0 aliphatic carbocycles. The van der Waals surface area contributed by atoms with Gasteiger partial charge in [0.1, 0.15) is 0 Å². The van der Waals surface area contributed by atoms with Crippen molar-refractivity contribution in [2.45, 2.75) is 38.9 Å². The van der Waals surface area contributed by atoms with Crippen LogP contribution in [0.3, 0.4) is 0 Å². The molecule has 9 nitrogen and oxygen atoms in total. The average molecular weight is 741 g/mol. The van der Waals surface area contributed by atoms with Gasteiger partial charge in [-0.2, -0.15) is 13.2 Å². The molecule has 3 heterocycles. The third-order valence-corrected chi connectivity index (χ3v) is 8.73. The van der Waals surface area contributed by atoms with Gasteiger partial charge in [-0.1, -0.05) is 30.3 Å². The summed E-state index contributed by atoms with van der Waals surface area (Å²) in [5.74, 6) is -0.148. The quantitative estimate of drug-likeness (QED) is 0.173. The van der Waals surface area contributed by atoms with Crippen LogP contribution in [0, 0.1) is 6.92 Å². The molecule has 3 aromatic carbocycles. The fourth-order valence-electron chi connectivity index (χ4n) is 5.99. The van der Waals surface area contributed by atoms with Gasteiger partial charge < -0.3 is 30.5 Å². The van der Waals surface area contributed by atoms with E-state index in [1.165, 1.54) is 37.1 Å². The van der Waals surface area contributed by atoms with Gasteiger partial charge in [0.25, 0.3) is 5.91 Å². The number of morpholine rings is 1. The zero-order valence-corrected chi connectivity index (χ0v) is 32.9. The molecule has 2 aliphatic rings. The zero-order chi connectivity index (χ0) is 36.1. The number of aryl methyl sites for hydroxylation is 1. The molecular formula is C39H44F3KN6O3. The Bertz CT molecular complexity index is 1750. The van der Waals surface area contributed by atoms with Gasteiger partial charge in [-0.3, -0.25) is 14.6 Å². The van der Waals surface area contributed by atoms with Crippen LogP contribution in [0.1, 0.15) is 46.3 Å². The Balaban J connectivity index is 0.000000341. The molecule has 0 atom stereocenters. The van der Waals surface area contributed by atoms with Crippen LogP contribution in [0.15, 0.2) is 85.1 Å². The van der Waals surface area contributed by atoms with Gasteiger partial charge in [0, 0.05) is 55.7 Å². The molecule has 4 aromatic rings. The smallest absolute Gasteiger partial charge is 0.683 e. The molecule has 6 rings (SSSR count). The van der Waals surface area contributed by atoms with Gasteiger partial charge in [0.2, 0.25) is 6.41 Å². The molecule has 0 unspecified atom stereocenters. The van der Waals surface area contributed by atoms with Crippen molar-refractivity contribution in [3.8, 4) is 11.3 Å². The molecule has 0 bridgehead atoms. The number of ether oxygens (including phenoxy) is 1. The summed E-state index contributed by atoms with van der Waals surface area (Å²) in [6.45, 7) is 9.37. The minimum Gasteiger partial charge on any atom is -0.683 e. The third-order valence-electron chi connectivity index (χ3n) is 8.73. The van der Waals surface area contributed by atoms with Crippen LogP contribution >= 0.6 is 0 Å². The number of amides is 2.